The number of esters is 2. The predicted octanol–water partition coefficient (Wildman–Crippen LogP) is 2.53. The third-order valence-electron chi connectivity index (χ3n) is 3.42. The first-order chi connectivity index (χ1) is 10.7. The molecule has 0 bridgehead atoms. The van der Waals surface area contributed by atoms with Gasteiger partial charge in [0.15, 0.2) is 11.5 Å². The summed E-state index contributed by atoms with van der Waals surface area (Å²) in [6.45, 7) is 0. The van der Waals surface area contributed by atoms with Gasteiger partial charge in [0.2, 0.25) is 5.90 Å². The Morgan fingerprint density at radius 1 is 0.727 bits per heavy atom. The Hall–Kier alpha value is -3.21. The van der Waals surface area contributed by atoms with E-state index in [1.165, 1.54) is 0 Å². The van der Waals surface area contributed by atoms with Gasteiger partial charge in [0.05, 0.1) is 5.56 Å². The molecule has 0 saturated carbocycles. The van der Waals surface area contributed by atoms with Crippen molar-refractivity contribution in [2.75, 3.05) is 0 Å². The molecule has 0 N–H and O–H groups in total. The van der Waals surface area contributed by atoms with Crippen molar-refractivity contribution in [1.82, 2.24) is 0 Å². The number of hydrogen-bond acceptors (Lipinski definition) is 5. The molecule has 2 heterocycles. The number of aliphatic imine (C=N–C) groups is 1. The minimum atomic E-state index is -0.627. The van der Waals surface area contributed by atoms with Crippen LogP contribution in [0.3, 0.4) is 0 Å². The predicted molar refractivity (Wildman–Crippen MR) is 77.8 cm³/mol. The van der Waals surface area contributed by atoms with E-state index < -0.39 is 11.9 Å². The lowest BCUT2D eigenvalue weighted by atomic mass is 10.1. The van der Waals surface area contributed by atoms with Gasteiger partial charge in [0, 0.05) is 11.1 Å². The van der Waals surface area contributed by atoms with Crippen LogP contribution in [0.5, 0.6) is 0 Å². The van der Waals surface area contributed by atoms with Gasteiger partial charge in [-0.05, 0) is 18.2 Å². The van der Waals surface area contributed by atoms with Crippen LogP contribution in [0.4, 0.5) is 0 Å². The van der Waals surface area contributed by atoms with Crippen LogP contribution in [0.1, 0.15) is 21.5 Å². The molecular formula is C17H9NO4. The van der Waals surface area contributed by atoms with Crippen molar-refractivity contribution in [3.05, 3.63) is 77.0 Å². The lowest BCUT2D eigenvalue weighted by molar-refractivity contribution is -0.130. The van der Waals surface area contributed by atoms with Crippen molar-refractivity contribution in [3.63, 3.8) is 0 Å². The largest absolute Gasteiger partial charge is 0.420 e. The average Bonchev–Trinajstić information content (AvgIpc) is 3.09. The van der Waals surface area contributed by atoms with Gasteiger partial charge in [0.25, 0.3) is 0 Å². The molecule has 2 aromatic rings. The summed E-state index contributed by atoms with van der Waals surface area (Å²) in [4.78, 5) is 28.1. The van der Waals surface area contributed by atoms with E-state index in [0.29, 0.717) is 16.7 Å². The van der Waals surface area contributed by atoms with Gasteiger partial charge in [-0.15, -0.1) is 0 Å². The number of ether oxygens (including phenoxy) is 2. The van der Waals surface area contributed by atoms with Gasteiger partial charge < -0.3 is 9.47 Å². The zero-order valence-corrected chi connectivity index (χ0v) is 11.3. The number of nitrogens with zero attached hydrogens (tertiary/aromatic N) is 1. The summed E-state index contributed by atoms with van der Waals surface area (Å²) >= 11 is 0. The molecule has 5 heteroatoms. The van der Waals surface area contributed by atoms with Crippen LogP contribution in [0.25, 0.3) is 5.76 Å². The maximum Gasteiger partial charge on any atom is 0.367 e. The Morgan fingerprint density at radius 3 is 2.18 bits per heavy atom. The molecular weight excluding hydrogens is 282 g/mol. The van der Waals surface area contributed by atoms with E-state index in [1.807, 2.05) is 18.2 Å². The van der Waals surface area contributed by atoms with Crippen LogP contribution in [-0.4, -0.2) is 17.8 Å². The minimum Gasteiger partial charge on any atom is -0.420 e. The zero-order valence-electron chi connectivity index (χ0n) is 11.3. The Kier molecular flexibility index (Phi) is 2.66. The topological polar surface area (TPSA) is 65.0 Å². The number of rotatable bonds is 1. The van der Waals surface area contributed by atoms with Gasteiger partial charge in [-0.25, -0.2) is 14.6 Å². The number of fused-ring (bicyclic) bond motifs is 1. The van der Waals surface area contributed by atoms with Gasteiger partial charge in [-0.2, -0.15) is 0 Å². The molecule has 0 aliphatic carbocycles. The SMILES string of the molecule is O=C1OC(c2ccccc2)=N/C1=C1\OC(=O)c2ccccc21. The lowest BCUT2D eigenvalue weighted by Crippen LogP contribution is -2.06. The molecule has 106 valence electrons. The maximum absolute atomic E-state index is 12.1. The van der Waals surface area contributed by atoms with Gasteiger partial charge in [0.1, 0.15) is 0 Å². The Morgan fingerprint density at radius 2 is 1.41 bits per heavy atom. The fourth-order valence-corrected chi connectivity index (χ4v) is 2.39. The average molecular weight is 291 g/mol. The smallest absolute Gasteiger partial charge is 0.367 e. The van der Waals surface area contributed by atoms with E-state index in [9.17, 15) is 9.59 Å². The highest BCUT2D eigenvalue weighted by Crippen LogP contribution is 2.34. The molecule has 5 nitrogen and oxygen atoms in total. The van der Waals surface area contributed by atoms with E-state index in [-0.39, 0.29) is 17.4 Å². The Bertz CT molecular complexity index is 865. The second kappa shape index (κ2) is 4.66. The third-order valence-corrected chi connectivity index (χ3v) is 3.42. The van der Waals surface area contributed by atoms with Crippen LogP contribution < -0.4 is 0 Å². The molecule has 0 saturated heterocycles. The van der Waals surface area contributed by atoms with Crippen LogP contribution in [0.15, 0.2) is 65.3 Å². The van der Waals surface area contributed by atoms with Gasteiger partial charge in [-0.3, -0.25) is 0 Å². The molecule has 22 heavy (non-hydrogen) atoms. The molecule has 2 aromatic carbocycles. The second-order valence-electron chi connectivity index (χ2n) is 4.79. The molecule has 2 aliphatic heterocycles. The Labute approximate surface area is 125 Å². The highest BCUT2D eigenvalue weighted by Gasteiger charge is 2.35. The van der Waals surface area contributed by atoms with Crippen molar-refractivity contribution in [2.45, 2.75) is 0 Å². The molecule has 0 amide bonds. The zero-order chi connectivity index (χ0) is 15.1. The van der Waals surface area contributed by atoms with Crippen molar-refractivity contribution in [3.8, 4) is 0 Å². The number of carbonyl (C=O) groups is 2. The van der Waals surface area contributed by atoms with E-state index in [4.69, 9.17) is 9.47 Å². The fraction of sp³-hybridized carbons (Fsp3) is 0. The molecule has 4 rings (SSSR count). The van der Waals surface area contributed by atoms with Crippen molar-refractivity contribution >= 4 is 23.6 Å². The highest BCUT2D eigenvalue weighted by molar-refractivity contribution is 6.16. The van der Waals surface area contributed by atoms with E-state index in [1.54, 1.807) is 36.4 Å². The Balaban J connectivity index is 1.85. The number of hydrogen-bond donors (Lipinski definition) is 0. The number of carbonyl (C=O) groups excluding carboxylic acids is 2. The van der Waals surface area contributed by atoms with Crippen LogP contribution >= 0.6 is 0 Å². The van der Waals surface area contributed by atoms with Crippen LogP contribution in [0, 0.1) is 0 Å². The molecule has 0 unspecified atom stereocenters. The standard InChI is InChI=1S/C17H9NO4/c19-16-12-9-5-4-8-11(12)14(21-16)13-17(20)22-15(18-13)10-6-2-1-3-7-10/h1-9H/b14-13-. The number of cyclic esters (lactones) is 2. The van der Waals surface area contributed by atoms with Crippen LogP contribution in [0.2, 0.25) is 0 Å². The lowest BCUT2D eigenvalue weighted by Gasteiger charge is -1.98. The molecule has 0 radical (unpaired) electrons. The van der Waals surface area contributed by atoms with Crippen LogP contribution in [-0.2, 0) is 14.3 Å². The number of benzene rings is 2. The molecule has 0 fully saturated rings. The van der Waals surface area contributed by atoms with Crippen molar-refractivity contribution in [2.24, 2.45) is 4.99 Å². The minimum absolute atomic E-state index is 0.0113. The molecule has 0 aromatic heterocycles. The third kappa shape index (κ3) is 1.83. The molecule has 0 atom stereocenters. The molecule has 2 aliphatic rings. The quantitative estimate of drug-likeness (QED) is 0.598. The van der Waals surface area contributed by atoms with Gasteiger partial charge in [-0.1, -0.05) is 36.4 Å². The first-order valence-electron chi connectivity index (χ1n) is 6.66. The summed E-state index contributed by atoms with van der Waals surface area (Å²) in [6.07, 6.45) is 0. The first kappa shape index (κ1) is 12.5. The van der Waals surface area contributed by atoms with E-state index in [0.717, 1.165) is 0 Å². The van der Waals surface area contributed by atoms with E-state index in [2.05, 4.69) is 4.99 Å². The second-order valence-corrected chi connectivity index (χ2v) is 4.79. The summed E-state index contributed by atoms with van der Waals surface area (Å²) < 4.78 is 10.4. The van der Waals surface area contributed by atoms with Gasteiger partial charge >= 0.3 is 11.9 Å². The fourth-order valence-electron chi connectivity index (χ4n) is 2.39. The first-order valence-corrected chi connectivity index (χ1v) is 6.66. The monoisotopic (exact) mass is 291 g/mol. The molecule has 0 spiro atoms. The summed E-state index contributed by atoms with van der Waals surface area (Å²) in [7, 11) is 0. The normalized spacial score (nSPS) is 19.5. The van der Waals surface area contributed by atoms with Crippen molar-refractivity contribution in [1.29, 1.82) is 0 Å². The summed E-state index contributed by atoms with van der Waals surface area (Å²) in [5, 5.41) is 0. The van der Waals surface area contributed by atoms with Crippen molar-refractivity contribution < 1.29 is 19.1 Å². The summed E-state index contributed by atoms with van der Waals surface area (Å²) in [5.74, 6) is -0.766. The maximum atomic E-state index is 12.1. The van der Waals surface area contributed by atoms with E-state index >= 15 is 0 Å². The summed E-state index contributed by atoms with van der Waals surface area (Å²) in [5.41, 5.74) is 1.67. The highest BCUT2D eigenvalue weighted by atomic mass is 16.6. The summed E-state index contributed by atoms with van der Waals surface area (Å²) in [6, 6.07) is 15.9.